The number of ether oxygens (including phenoxy) is 1. The van der Waals surface area contributed by atoms with Crippen molar-refractivity contribution >= 4 is 11.6 Å². The van der Waals surface area contributed by atoms with Crippen molar-refractivity contribution in [3.63, 3.8) is 0 Å². The van der Waals surface area contributed by atoms with Crippen LogP contribution in [0.25, 0.3) is 0 Å². The fourth-order valence-electron chi connectivity index (χ4n) is 3.16. The van der Waals surface area contributed by atoms with Gasteiger partial charge >= 0.3 is 6.18 Å². The number of amides is 1. The molecule has 1 aliphatic heterocycles. The van der Waals surface area contributed by atoms with Gasteiger partial charge in [-0.25, -0.2) is 5.43 Å². The number of fused-ring (bicyclic) bond motifs is 1. The van der Waals surface area contributed by atoms with Crippen molar-refractivity contribution in [2.24, 2.45) is 5.10 Å². The molecule has 1 N–H and O–H groups in total. The van der Waals surface area contributed by atoms with E-state index in [1.165, 1.54) is 0 Å². The third-order valence-corrected chi connectivity index (χ3v) is 4.57. The van der Waals surface area contributed by atoms with Gasteiger partial charge in [0.15, 0.2) is 5.69 Å². The molecule has 9 heteroatoms. The number of nitrogens with one attached hydrogen (secondary N) is 1. The highest BCUT2D eigenvalue weighted by Gasteiger charge is 2.33. The molecule has 1 aliphatic rings. The van der Waals surface area contributed by atoms with Gasteiger partial charge in [0.1, 0.15) is 18.4 Å². The third-order valence-electron chi connectivity index (χ3n) is 4.57. The van der Waals surface area contributed by atoms with Crippen LogP contribution in [-0.2, 0) is 17.5 Å². The first-order valence-electron chi connectivity index (χ1n) is 9.17. The zero-order chi connectivity index (χ0) is 21.1. The van der Waals surface area contributed by atoms with Crippen molar-refractivity contribution in [3.8, 4) is 5.75 Å². The first-order valence-corrected chi connectivity index (χ1v) is 9.17. The number of halogens is 3. The van der Waals surface area contributed by atoms with E-state index in [9.17, 15) is 18.0 Å². The molecule has 1 unspecified atom stereocenters. The van der Waals surface area contributed by atoms with Crippen molar-refractivity contribution in [1.82, 2.24) is 15.2 Å². The summed E-state index contributed by atoms with van der Waals surface area (Å²) in [6.07, 6.45) is -3.29. The minimum absolute atomic E-state index is 0.266. The number of carbonyl (C=O) groups is 1. The summed E-state index contributed by atoms with van der Waals surface area (Å²) in [5.74, 6) is 0.0621. The normalized spacial score (nSPS) is 17.3. The average Bonchev–Trinajstić information content (AvgIpc) is 3.21. The van der Waals surface area contributed by atoms with E-state index < -0.39 is 17.8 Å². The second-order valence-electron chi connectivity index (χ2n) is 6.71. The lowest BCUT2D eigenvalue weighted by molar-refractivity contribution is -0.141. The number of benzene rings is 2. The highest BCUT2D eigenvalue weighted by molar-refractivity contribution is 6.04. The maximum Gasteiger partial charge on any atom is 0.435 e. The molecule has 0 saturated heterocycles. The Labute approximate surface area is 170 Å². The lowest BCUT2D eigenvalue weighted by atomic mass is 9.96. The van der Waals surface area contributed by atoms with Gasteiger partial charge in [0.05, 0.1) is 5.71 Å². The molecule has 1 atom stereocenters. The number of hydrogen-bond donors (Lipinski definition) is 1. The standard InChI is InChI=1S/C21H17F3N4O2/c22-21(23,24)19-10-11-28(27-19)13-20(29)26-25-16-12-18(14-6-2-1-3-7-14)30-17-9-5-4-8-15(16)17/h1-11,18H,12-13H2,(H,26,29). The zero-order valence-electron chi connectivity index (χ0n) is 15.6. The van der Waals surface area contributed by atoms with Crippen LogP contribution >= 0.6 is 0 Å². The van der Waals surface area contributed by atoms with Crippen molar-refractivity contribution < 1.29 is 22.7 Å². The minimum Gasteiger partial charge on any atom is -0.485 e. The Morgan fingerprint density at radius 3 is 2.60 bits per heavy atom. The number of aromatic nitrogens is 2. The van der Waals surface area contributed by atoms with Crippen LogP contribution in [0.15, 0.2) is 72.0 Å². The molecule has 0 aliphatic carbocycles. The van der Waals surface area contributed by atoms with Crippen LogP contribution in [0.2, 0.25) is 0 Å². The summed E-state index contributed by atoms with van der Waals surface area (Å²) in [4.78, 5) is 12.2. The number of alkyl halides is 3. The number of para-hydroxylation sites is 1. The molecule has 6 nitrogen and oxygen atoms in total. The molecule has 0 saturated carbocycles. The second kappa shape index (κ2) is 8.02. The molecule has 0 fully saturated rings. The van der Waals surface area contributed by atoms with Crippen LogP contribution in [0, 0.1) is 0 Å². The van der Waals surface area contributed by atoms with Crippen molar-refractivity contribution in [2.45, 2.75) is 25.2 Å². The van der Waals surface area contributed by atoms with Gasteiger partial charge in [-0.2, -0.15) is 23.4 Å². The smallest absolute Gasteiger partial charge is 0.435 e. The van der Waals surface area contributed by atoms with Crippen LogP contribution in [0.5, 0.6) is 5.75 Å². The first-order chi connectivity index (χ1) is 14.4. The third kappa shape index (κ3) is 4.35. The Balaban J connectivity index is 1.50. The van der Waals surface area contributed by atoms with E-state index >= 15 is 0 Å². The molecule has 3 aromatic rings. The average molecular weight is 414 g/mol. The summed E-state index contributed by atoms with van der Waals surface area (Å²) in [5.41, 5.74) is 3.71. The van der Waals surface area contributed by atoms with E-state index in [0.717, 1.165) is 28.1 Å². The Hall–Kier alpha value is -3.62. The Morgan fingerprint density at radius 1 is 1.13 bits per heavy atom. The van der Waals surface area contributed by atoms with Gasteiger partial charge in [0.25, 0.3) is 5.91 Å². The summed E-state index contributed by atoms with van der Waals surface area (Å²) >= 11 is 0. The number of nitrogens with zero attached hydrogens (tertiary/aromatic N) is 3. The molecular formula is C21H17F3N4O2. The van der Waals surface area contributed by atoms with Crippen molar-refractivity contribution in [3.05, 3.63) is 83.7 Å². The highest BCUT2D eigenvalue weighted by Crippen LogP contribution is 2.35. The summed E-state index contributed by atoms with van der Waals surface area (Å²) < 4.78 is 44.9. The van der Waals surface area contributed by atoms with Gasteiger partial charge in [0.2, 0.25) is 0 Å². The largest absolute Gasteiger partial charge is 0.485 e. The van der Waals surface area contributed by atoms with Crippen LogP contribution < -0.4 is 10.2 Å². The predicted octanol–water partition coefficient (Wildman–Crippen LogP) is 3.95. The first kappa shape index (κ1) is 19.7. The van der Waals surface area contributed by atoms with Gasteiger partial charge in [0, 0.05) is 18.2 Å². The van der Waals surface area contributed by atoms with Crippen molar-refractivity contribution in [2.75, 3.05) is 0 Å². The maximum atomic E-state index is 12.6. The van der Waals surface area contributed by atoms with Gasteiger partial charge in [-0.15, -0.1) is 0 Å². The Bertz CT molecular complexity index is 1080. The van der Waals surface area contributed by atoms with E-state index in [2.05, 4.69) is 15.6 Å². The highest BCUT2D eigenvalue weighted by atomic mass is 19.4. The summed E-state index contributed by atoms with van der Waals surface area (Å²) in [7, 11) is 0. The van der Waals surface area contributed by atoms with E-state index in [1.54, 1.807) is 0 Å². The number of hydrazone groups is 1. The lowest BCUT2D eigenvalue weighted by Gasteiger charge is -2.27. The van der Waals surface area contributed by atoms with E-state index in [0.29, 0.717) is 17.9 Å². The maximum absolute atomic E-state index is 12.6. The van der Waals surface area contributed by atoms with Gasteiger partial charge in [-0.1, -0.05) is 42.5 Å². The van der Waals surface area contributed by atoms with E-state index in [1.807, 2.05) is 54.6 Å². The molecule has 0 bridgehead atoms. The van der Waals surface area contributed by atoms with Gasteiger partial charge in [-0.05, 0) is 23.8 Å². The van der Waals surface area contributed by atoms with Gasteiger partial charge < -0.3 is 4.74 Å². The SMILES string of the molecule is O=C(Cn1ccc(C(F)(F)F)n1)NN=C1CC(c2ccccc2)Oc2ccccc21. The molecule has 1 amide bonds. The zero-order valence-corrected chi connectivity index (χ0v) is 15.6. The van der Waals surface area contributed by atoms with Crippen LogP contribution in [0.1, 0.15) is 29.3 Å². The molecule has 1 aromatic heterocycles. The monoisotopic (exact) mass is 414 g/mol. The quantitative estimate of drug-likeness (QED) is 0.658. The number of carbonyl (C=O) groups excluding carboxylic acids is 1. The van der Waals surface area contributed by atoms with Crippen LogP contribution in [-0.4, -0.2) is 21.4 Å². The predicted molar refractivity (Wildman–Crippen MR) is 103 cm³/mol. The fourth-order valence-corrected chi connectivity index (χ4v) is 3.16. The molecule has 2 aromatic carbocycles. The molecule has 30 heavy (non-hydrogen) atoms. The molecule has 2 heterocycles. The summed E-state index contributed by atoms with van der Waals surface area (Å²) in [6.45, 7) is -0.382. The Morgan fingerprint density at radius 2 is 1.87 bits per heavy atom. The molecule has 154 valence electrons. The molecule has 4 rings (SSSR count). The Kier molecular flexibility index (Phi) is 5.26. The molecular weight excluding hydrogens is 397 g/mol. The topological polar surface area (TPSA) is 68.5 Å². The van der Waals surface area contributed by atoms with E-state index in [4.69, 9.17) is 4.74 Å². The van der Waals surface area contributed by atoms with Crippen molar-refractivity contribution in [1.29, 1.82) is 0 Å². The van der Waals surface area contributed by atoms with Gasteiger partial charge in [-0.3, -0.25) is 9.48 Å². The fraction of sp³-hybridized carbons (Fsp3) is 0.190. The number of hydrogen-bond acceptors (Lipinski definition) is 4. The second-order valence-corrected chi connectivity index (χ2v) is 6.71. The van der Waals surface area contributed by atoms with Crippen LogP contribution in [0.4, 0.5) is 13.2 Å². The summed E-state index contributed by atoms with van der Waals surface area (Å²) in [6, 6.07) is 17.8. The molecule has 0 radical (unpaired) electrons. The summed E-state index contributed by atoms with van der Waals surface area (Å²) in [5, 5.41) is 7.59. The van der Waals surface area contributed by atoms with Crippen LogP contribution in [0.3, 0.4) is 0 Å². The molecule has 0 spiro atoms. The lowest BCUT2D eigenvalue weighted by Crippen LogP contribution is -2.28. The minimum atomic E-state index is -4.56. The number of rotatable bonds is 4. The van der Waals surface area contributed by atoms with E-state index in [-0.39, 0.29) is 12.6 Å².